The molecule has 1 aliphatic carbocycles. The summed E-state index contributed by atoms with van der Waals surface area (Å²) in [4.78, 5) is 33.0. The number of carbonyl (C=O) groups excluding carboxylic acids is 3. The Morgan fingerprint density at radius 1 is 1.23 bits per heavy atom. The van der Waals surface area contributed by atoms with Crippen molar-refractivity contribution in [3.63, 3.8) is 0 Å². The van der Waals surface area contributed by atoms with Gasteiger partial charge in [-0.15, -0.1) is 0 Å². The van der Waals surface area contributed by atoms with E-state index in [0.717, 1.165) is 12.7 Å². The van der Waals surface area contributed by atoms with Gasteiger partial charge in [-0.05, 0) is 46.0 Å². The first-order valence-electron chi connectivity index (χ1n) is 11.2. The van der Waals surface area contributed by atoms with Crippen LogP contribution in [-0.4, -0.2) is 45.2 Å². The quantitative estimate of drug-likeness (QED) is 0.404. The molecule has 0 heterocycles. The maximum atomic E-state index is 11.3. The van der Waals surface area contributed by atoms with Gasteiger partial charge >= 0.3 is 11.9 Å². The molecule has 0 bridgehead atoms. The highest BCUT2D eigenvalue weighted by atomic mass is 16.6. The van der Waals surface area contributed by atoms with Gasteiger partial charge < -0.3 is 19.0 Å². The minimum Gasteiger partial charge on any atom is -0.466 e. The summed E-state index contributed by atoms with van der Waals surface area (Å²) in [6.07, 6.45) is 3.04. The van der Waals surface area contributed by atoms with E-state index in [0.29, 0.717) is 18.8 Å². The molecule has 0 amide bonds. The average molecular weight is 444 g/mol. The molecule has 1 saturated carbocycles. The van der Waals surface area contributed by atoms with Gasteiger partial charge in [0, 0.05) is 13.0 Å². The Hall–Kier alpha value is -1.94. The standard InChI is InChI=1S/C11H17NO2.C9H16O4.2C2H6/c1-8-4-10(9(2)14-3)11(5-8,6-12)7-13;1-5-9(2,3)8(11)13-6-7(10)12-4;2*1-2/h7-10H,4-5H2,1-3H3;5-6H2,1-4H3;2*1-2H3. The Morgan fingerprint density at radius 3 is 2.10 bits per heavy atom. The van der Waals surface area contributed by atoms with Crippen molar-refractivity contribution in [2.75, 3.05) is 20.8 Å². The first kappa shape index (κ1) is 33.7. The van der Waals surface area contributed by atoms with E-state index in [1.165, 1.54) is 7.11 Å². The van der Waals surface area contributed by atoms with Crippen LogP contribution in [0.5, 0.6) is 0 Å². The van der Waals surface area contributed by atoms with Crippen LogP contribution in [0.25, 0.3) is 0 Å². The number of carbonyl (C=O) groups is 3. The molecule has 31 heavy (non-hydrogen) atoms. The number of hydrogen-bond donors (Lipinski definition) is 0. The number of nitriles is 1. The summed E-state index contributed by atoms with van der Waals surface area (Å²) in [5, 5.41) is 9.11. The smallest absolute Gasteiger partial charge is 0.344 e. The van der Waals surface area contributed by atoms with Crippen LogP contribution in [0.3, 0.4) is 0 Å². The Labute approximate surface area is 189 Å². The lowest BCUT2D eigenvalue weighted by molar-refractivity contribution is -0.163. The third-order valence-corrected chi connectivity index (χ3v) is 5.35. The molecule has 0 aliphatic heterocycles. The van der Waals surface area contributed by atoms with Crippen LogP contribution in [0.2, 0.25) is 0 Å². The molecule has 0 radical (unpaired) electrons. The second-order valence-electron chi connectivity index (χ2n) is 7.75. The zero-order valence-corrected chi connectivity index (χ0v) is 21.5. The molecular weight excluding hydrogens is 398 g/mol. The van der Waals surface area contributed by atoms with Gasteiger partial charge in [0.25, 0.3) is 0 Å². The van der Waals surface area contributed by atoms with Gasteiger partial charge in [-0.1, -0.05) is 41.5 Å². The van der Waals surface area contributed by atoms with Gasteiger partial charge in [-0.3, -0.25) is 4.79 Å². The number of nitrogens with zero attached hydrogens (tertiary/aromatic N) is 1. The van der Waals surface area contributed by atoms with Crippen molar-refractivity contribution in [1.82, 2.24) is 0 Å². The van der Waals surface area contributed by atoms with Crippen LogP contribution in [-0.2, 0) is 28.6 Å². The second kappa shape index (κ2) is 17.7. The first-order valence-corrected chi connectivity index (χ1v) is 11.2. The monoisotopic (exact) mass is 443 g/mol. The number of hydrogen-bond acceptors (Lipinski definition) is 7. The third-order valence-electron chi connectivity index (χ3n) is 5.35. The fraction of sp³-hybridized carbons (Fsp3) is 0.833. The lowest BCUT2D eigenvalue weighted by Gasteiger charge is -2.27. The molecule has 1 rings (SSSR count). The van der Waals surface area contributed by atoms with Gasteiger partial charge in [0.1, 0.15) is 11.7 Å². The highest BCUT2D eigenvalue weighted by molar-refractivity contribution is 5.79. The zero-order valence-electron chi connectivity index (χ0n) is 21.5. The molecule has 1 fully saturated rings. The maximum Gasteiger partial charge on any atom is 0.344 e. The van der Waals surface area contributed by atoms with E-state index in [4.69, 9.17) is 14.7 Å². The molecule has 0 aromatic heterocycles. The minimum atomic E-state index is -0.811. The molecule has 7 nitrogen and oxygen atoms in total. The van der Waals surface area contributed by atoms with Crippen molar-refractivity contribution in [1.29, 1.82) is 5.26 Å². The van der Waals surface area contributed by atoms with E-state index >= 15 is 0 Å². The second-order valence-corrected chi connectivity index (χ2v) is 7.75. The van der Waals surface area contributed by atoms with Crippen LogP contribution in [0, 0.1) is 34.0 Å². The van der Waals surface area contributed by atoms with E-state index < -0.39 is 16.8 Å². The predicted octanol–water partition coefficient (Wildman–Crippen LogP) is 4.97. The summed E-state index contributed by atoms with van der Waals surface area (Å²) in [5.74, 6) is -0.437. The van der Waals surface area contributed by atoms with Crippen LogP contribution in [0.1, 0.15) is 81.6 Å². The Bertz CT molecular complexity index is 555. The van der Waals surface area contributed by atoms with Crippen LogP contribution >= 0.6 is 0 Å². The van der Waals surface area contributed by atoms with Crippen molar-refractivity contribution in [2.45, 2.75) is 87.7 Å². The van der Waals surface area contributed by atoms with Crippen LogP contribution in [0.15, 0.2) is 0 Å². The van der Waals surface area contributed by atoms with Gasteiger partial charge in [-0.25, -0.2) is 4.79 Å². The number of methoxy groups -OCH3 is 2. The van der Waals surface area contributed by atoms with Crippen LogP contribution < -0.4 is 0 Å². The molecule has 0 N–H and O–H groups in total. The summed E-state index contributed by atoms with van der Waals surface area (Å²) >= 11 is 0. The lowest BCUT2D eigenvalue weighted by atomic mass is 9.78. The molecule has 0 aromatic rings. The molecular formula is C24H45NO6. The molecule has 0 aromatic carbocycles. The highest BCUT2D eigenvalue weighted by Crippen LogP contribution is 2.46. The third kappa shape index (κ3) is 11.3. The van der Waals surface area contributed by atoms with Crippen molar-refractivity contribution >= 4 is 18.2 Å². The molecule has 182 valence electrons. The lowest BCUT2D eigenvalue weighted by Crippen LogP contribution is -2.33. The number of esters is 2. The minimum absolute atomic E-state index is 0.0233. The maximum absolute atomic E-state index is 11.3. The van der Waals surface area contributed by atoms with Gasteiger partial charge in [-0.2, -0.15) is 5.26 Å². The highest BCUT2D eigenvalue weighted by Gasteiger charge is 2.49. The fourth-order valence-corrected chi connectivity index (χ4v) is 3.04. The first-order chi connectivity index (χ1) is 14.5. The van der Waals surface area contributed by atoms with Crippen LogP contribution in [0.4, 0.5) is 0 Å². The summed E-state index contributed by atoms with van der Waals surface area (Å²) in [7, 11) is 2.88. The Morgan fingerprint density at radius 2 is 1.74 bits per heavy atom. The summed E-state index contributed by atoms with van der Waals surface area (Å²) in [5.41, 5.74) is -1.34. The topological polar surface area (TPSA) is 103 Å². The number of rotatable bonds is 7. The molecule has 7 heteroatoms. The van der Waals surface area contributed by atoms with Crippen molar-refractivity contribution in [3.8, 4) is 6.07 Å². The summed E-state index contributed by atoms with van der Waals surface area (Å²) < 4.78 is 14.3. The molecule has 0 spiro atoms. The molecule has 4 atom stereocenters. The summed E-state index contributed by atoms with van der Waals surface area (Å²) in [6, 6.07) is 2.17. The largest absolute Gasteiger partial charge is 0.466 e. The Kier molecular flexibility index (Phi) is 19.2. The fourth-order valence-electron chi connectivity index (χ4n) is 3.04. The summed E-state index contributed by atoms with van der Waals surface area (Å²) in [6.45, 7) is 17.1. The van der Waals surface area contributed by atoms with E-state index in [2.05, 4.69) is 17.7 Å². The predicted molar refractivity (Wildman–Crippen MR) is 122 cm³/mol. The van der Waals surface area contributed by atoms with Crippen molar-refractivity contribution in [2.24, 2.45) is 22.7 Å². The normalized spacial score (nSPS) is 22.5. The number of ether oxygens (including phenoxy) is 3. The van der Waals surface area contributed by atoms with Crippen molar-refractivity contribution < 1.29 is 28.6 Å². The zero-order chi connectivity index (χ0) is 25.3. The van der Waals surface area contributed by atoms with Crippen molar-refractivity contribution in [3.05, 3.63) is 0 Å². The SMILES string of the molecule is CC.CC.CCC(C)(C)C(=O)OCC(=O)OC.COC(C)C1CC(C)CC1(C#N)C=O. The van der Waals surface area contributed by atoms with E-state index in [1.807, 2.05) is 41.5 Å². The van der Waals surface area contributed by atoms with Gasteiger partial charge in [0.15, 0.2) is 6.61 Å². The Balaban J connectivity index is -0.000000437. The molecule has 4 unspecified atom stereocenters. The van der Waals surface area contributed by atoms with E-state index in [1.54, 1.807) is 21.0 Å². The van der Waals surface area contributed by atoms with Gasteiger partial charge in [0.05, 0.1) is 24.7 Å². The van der Waals surface area contributed by atoms with E-state index in [-0.39, 0.29) is 24.6 Å². The van der Waals surface area contributed by atoms with Gasteiger partial charge in [0.2, 0.25) is 0 Å². The molecule has 0 saturated heterocycles. The molecule has 1 aliphatic rings. The average Bonchev–Trinajstić information content (AvgIpc) is 3.16. The van der Waals surface area contributed by atoms with E-state index in [9.17, 15) is 14.4 Å². The number of aldehydes is 1.